The van der Waals surface area contributed by atoms with Gasteiger partial charge in [0.1, 0.15) is 6.61 Å². The lowest BCUT2D eigenvalue weighted by Gasteiger charge is -2.36. The lowest BCUT2D eigenvalue weighted by atomic mass is 10.2. The molecule has 0 aromatic carbocycles. The number of carbonyl (C=O) groups is 1. The number of carbonyl (C=O) groups excluding carboxylic acids is 1. The van der Waals surface area contributed by atoms with Gasteiger partial charge in [0.05, 0.1) is 13.2 Å². The number of hydrogen-bond acceptors (Lipinski definition) is 4. The van der Waals surface area contributed by atoms with Gasteiger partial charge in [0.25, 0.3) is 0 Å². The van der Waals surface area contributed by atoms with Gasteiger partial charge in [-0.15, -0.1) is 0 Å². The summed E-state index contributed by atoms with van der Waals surface area (Å²) in [5.41, 5.74) is 0. The number of ether oxygens (including phenoxy) is 2. The minimum atomic E-state index is -1.75. The molecule has 4 nitrogen and oxygen atoms in total. The average Bonchev–Trinajstić information content (AvgIpc) is 2.19. The number of hydrogen-bond donors (Lipinski definition) is 0. The Hall–Kier alpha value is -0.553. The Morgan fingerprint density at radius 3 is 2.11 bits per heavy atom. The van der Waals surface area contributed by atoms with Crippen LogP contribution in [-0.2, 0) is 13.9 Å². The van der Waals surface area contributed by atoms with Crippen LogP contribution < -0.4 is 0 Å². The number of rotatable bonds is 6. The summed E-state index contributed by atoms with van der Waals surface area (Å²) in [6, 6.07) is 0. The summed E-state index contributed by atoms with van der Waals surface area (Å²) in [6.07, 6.45) is -0.609. The lowest BCUT2D eigenvalue weighted by molar-refractivity contribution is 0.0381. The monoisotopic (exact) mass is 276 g/mol. The van der Waals surface area contributed by atoms with Gasteiger partial charge in [-0.05, 0) is 24.1 Å². The molecule has 0 heterocycles. The van der Waals surface area contributed by atoms with E-state index in [9.17, 15) is 4.79 Å². The quantitative estimate of drug-likeness (QED) is 0.420. The third-order valence-corrected chi connectivity index (χ3v) is 7.65. The van der Waals surface area contributed by atoms with E-state index in [1.54, 1.807) is 0 Å². The largest absolute Gasteiger partial charge is 0.508 e. The van der Waals surface area contributed by atoms with Crippen molar-refractivity contribution >= 4 is 14.5 Å². The molecular weight excluding hydrogens is 248 g/mol. The van der Waals surface area contributed by atoms with Crippen molar-refractivity contribution in [2.24, 2.45) is 5.92 Å². The molecule has 0 bridgehead atoms. The molecular formula is C13H28O4Si. The van der Waals surface area contributed by atoms with Crippen molar-refractivity contribution in [2.45, 2.75) is 52.8 Å². The highest BCUT2D eigenvalue weighted by molar-refractivity contribution is 6.74. The molecule has 18 heavy (non-hydrogen) atoms. The molecule has 0 spiro atoms. The minimum absolute atomic E-state index is 0.172. The van der Waals surface area contributed by atoms with Crippen molar-refractivity contribution in [1.82, 2.24) is 0 Å². The predicted molar refractivity (Wildman–Crippen MR) is 75.3 cm³/mol. The Labute approximate surface area is 112 Å². The molecule has 0 aromatic heterocycles. The van der Waals surface area contributed by atoms with E-state index >= 15 is 0 Å². The van der Waals surface area contributed by atoms with Crippen molar-refractivity contribution in [3.8, 4) is 0 Å². The topological polar surface area (TPSA) is 44.8 Å². The Balaban J connectivity index is 3.77. The Bertz CT molecular complexity index is 256. The first kappa shape index (κ1) is 17.4. The van der Waals surface area contributed by atoms with Gasteiger partial charge in [0, 0.05) is 0 Å². The fraction of sp³-hybridized carbons (Fsp3) is 0.923. The maximum atomic E-state index is 11.2. The molecule has 0 rings (SSSR count). The molecule has 0 aliphatic heterocycles. The summed E-state index contributed by atoms with van der Waals surface area (Å²) < 4.78 is 15.7. The highest BCUT2D eigenvalue weighted by atomic mass is 28.4. The standard InChI is InChI=1S/C13H28O4Si/c1-11(2)10-16-12(14)15-8-9-17-18(6,7)13(3,4)5/h11H,8-10H2,1-7H3. The van der Waals surface area contributed by atoms with Gasteiger partial charge in [0.2, 0.25) is 0 Å². The zero-order valence-corrected chi connectivity index (χ0v) is 13.8. The van der Waals surface area contributed by atoms with E-state index in [2.05, 4.69) is 33.9 Å². The van der Waals surface area contributed by atoms with E-state index in [1.807, 2.05) is 13.8 Å². The smallest absolute Gasteiger partial charge is 0.434 e. The van der Waals surface area contributed by atoms with Gasteiger partial charge in [-0.3, -0.25) is 0 Å². The maximum absolute atomic E-state index is 11.2. The fourth-order valence-electron chi connectivity index (χ4n) is 0.915. The SMILES string of the molecule is CC(C)COC(=O)OCCO[Si](C)(C)C(C)(C)C. The first-order valence-corrected chi connectivity index (χ1v) is 9.40. The Morgan fingerprint density at radius 2 is 1.67 bits per heavy atom. The third kappa shape index (κ3) is 7.01. The van der Waals surface area contributed by atoms with Crippen LogP contribution >= 0.6 is 0 Å². The van der Waals surface area contributed by atoms with E-state index in [-0.39, 0.29) is 11.6 Å². The molecule has 0 aliphatic rings. The summed E-state index contributed by atoms with van der Waals surface area (Å²) in [5, 5.41) is 0.172. The van der Waals surface area contributed by atoms with Crippen molar-refractivity contribution in [3.05, 3.63) is 0 Å². The van der Waals surface area contributed by atoms with Crippen LogP contribution in [-0.4, -0.2) is 34.3 Å². The van der Waals surface area contributed by atoms with Gasteiger partial charge < -0.3 is 13.9 Å². The van der Waals surface area contributed by atoms with Crippen LogP contribution in [0.3, 0.4) is 0 Å². The van der Waals surface area contributed by atoms with E-state index in [4.69, 9.17) is 13.9 Å². The molecule has 0 unspecified atom stereocenters. The van der Waals surface area contributed by atoms with Crippen LogP contribution in [0.1, 0.15) is 34.6 Å². The van der Waals surface area contributed by atoms with Crippen LogP contribution in [0.25, 0.3) is 0 Å². The van der Waals surface area contributed by atoms with Crippen molar-refractivity contribution in [2.75, 3.05) is 19.8 Å². The molecule has 0 radical (unpaired) electrons. The molecule has 0 N–H and O–H groups in total. The summed E-state index contributed by atoms with van der Waals surface area (Å²) in [5.74, 6) is 0.320. The Kier molecular flexibility index (Phi) is 6.92. The minimum Gasteiger partial charge on any atom is -0.434 e. The first-order valence-electron chi connectivity index (χ1n) is 6.50. The van der Waals surface area contributed by atoms with Crippen molar-refractivity contribution < 1.29 is 18.7 Å². The maximum Gasteiger partial charge on any atom is 0.508 e. The van der Waals surface area contributed by atoms with Gasteiger partial charge in [-0.1, -0.05) is 34.6 Å². The lowest BCUT2D eigenvalue weighted by Crippen LogP contribution is -2.41. The van der Waals surface area contributed by atoms with E-state index in [0.717, 1.165) is 0 Å². The molecule has 0 atom stereocenters. The first-order chi connectivity index (χ1) is 8.06. The molecule has 0 aromatic rings. The molecule has 0 aliphatic carbocycles. The summed E-state index contributed by atoms with van der Waals surface area (Å²) in [4.78, 5) is 11.2. The highest BCUT2D eigenvalue weighted by Gasteiger charge is 2.36. The summed E-state index contributed by atoms with van der Waals surface area (Å²) in [7, 11) is -1.75. The average molecular weight is 276 g/mol. The molecule has 5 heteroatoms. The second-order valence-corrected chi connectivity index (χ2v) is 11.2. The van der Waals surface area contributed by atoms with Crippen LogP contribution in [0.15, 0.2) is 0 Å². The predicted octanol–water partition coefficient (Wildman–Crippen LogP) is 3.82. The molecule has 0 saturated heterocycles. The van der Waals surface area contributed by atoms with E-state index in [0.29, 0.717) is 19.1 Å². The van der Waals surface area contributed by atoms with E-state index < -0.39 is 14.5 Å². The van der Waals surface area contributed by atoms with E-state index in [1.165, 1.54) is 0 Å². The second-order valence-electron chi connectivity index (χ2n) is 6.41. The molecule has 108 valence electrons. The molecule has 0 saturated carbocycles. The van der Waals surface area contributed by atoms with Crippen molar-refractivity contribution in [1.29, 1.82) is 0 Å². The normalized spacial score (nSPS) is 12.7. The zero-order valence-electron chi connectivity index (χ0n) is 12.8. The van der Waals surface area contributed by atoms with Gasteiger partial charge in [-0.25, -0.2) is 4.79 Å². The van der Waals surface area contributed by atoms with Crippen LogP contribution in [0.4, 0.5) is 4.79 Å². The van der Waals surface area contributed by atoms with Gasteiger partial charge in [0.15, 0.2) is 8.32 Å². The fourth-order valence-corrected chi connectivity index (χ4v) is 1.94. The van der Waals surface area contributed by atoms with Crippen LogP contribution in [0.2, 0.25) is 18.1 Å². The summed E-state index contributed by atoms with van der Waals surface area (Å²) in [6.45, 7) is 15.9. The van der Waals surface area contributed by atoms with Gasteiger partial charge in [-0.2, -0.15) is 0 Å². The molecule has 0 fully saturated rings. The second kappa shape index (κ2) is 7.14. The van der Waals surface area contributed by atoms with Gasteiger partial charge >= 0.3 is 6.16 Å². The molecule has 0 amide bonds. The van der Waals surface area contributed by atoms with Crippen LogP contribution in [0, 0.1) is 5.92 Å². The summed E-state index contributed by atoms with van der Waals surface area (Å²) >= 11 is 0. The Morgan fingerprint density at radius 1 is 1.11 bits per heavy atom. The highest BCUT2D eigenvalue weighted by Crippen LogP contribution is 2.36. The van der Waals surface area contributed by atoms with Crippen molar-refractivity contribution in [3.63, 3.8) is 0 Å². The third-order valence-electron chi connectivity index (χ3n) is 3.11. The van der Waals surface area contributed by atoms with Crippen LogP contribution in [0.5, 0.6) is 0 Å². The zero-order chi connectivity index (χ0) is 14.4.